The van der Waals surface area contributed by atoms with Gasteiger partial charge in [0.1, 0.15) is 0 Å². The fraction of sp³-hybridized carbons (Fsp3) is 0. The van der Waals surface area contributed by atoms with Crippen LogP contribution in [0.25, 0.3) is 22.3 Å². The molecule has 25 heavy (non-hydrogen) atoms. The summed E-state index contributed by atoms with van der Waals surface area (Å²) in [6.07, 6.45) is 0. The Balaban J connectivity index is 1.80. The van der Waals surface area contributed by atoms with Crippen LogP contribution in [0.15, 0.2) is 119 Å². The van der Waals surface area contributed by atoms with Gasteiger partial charge in [0.25, 0.3) is 0 Å². The molecule has 0 N–H and O–H groups in total. The van der Waals surface area contributed by atoms with Gasteiger partial charge >= 0.3 is 0 Å². The van der Waals surface area contributed by atoms with Gasteiger partial charge in [-0.3, -0.25) is 0 Å². The summed E-state index contributed by atoms with van der Waals surface area (Å²) in [7, 11) is 0. The highest BCUT2D eigenvalue weighted by molar-refractivity contribution is 7.99. The Morgan fingerprint density at radius 3 is 1.52 bits per heavy atom. The van der Waals surface area contributed by atoms with Crippen LogP contribution in [-0.4, -0.2) is 0 Å². The highest BCUT2D eigenvalue weighted by Crippen LogP contribution is 2.37. The summed E-state index contributed by atoms with van der Waals surface area (Å²) in [6.45, 7) is 0. The summed E-state index contributed by atoms with van der Waals surface area (Å²) in [5, 5.41) is 0. The van der Waals surface area contributed by atoms with E-state index in [4.69, 9.17) is 0 Å². The Hall–Kier alpha value is -2.77. The number of hydrogen-bond acceptors (Lipinski definition) is 1. The molecule has 4 rings (SSSR count). The molecular formula is C24H18S. The molecule has 4 aromatic carbocycles. The Morgan fingerprint density at radius 1 is 0.400 bits per heavy atom. The molecule has 120 valence electrons. The van der Waals surface area contributed by atoms with Crippen LogP contribution in [0.1, 0.15) is 0 Å². The maximum atomic E-state index is 2.30. The van der Waals surface area contributed by atoms with Crippen LogP contribution in [-0.2, 0) is 0 Å². The van der Waals surface area contributed by atoms with Crippen LogP contribution in [0.5, 0.6) is 0 Å². The van der Waals surface area contributed by atoms with Gasteiger partial charge in [-0.25, -0.2) is 0 Å². The van der Waals surface area contributed by atoms with E-state index >= 15 is 0 Å². The third-order valence-corrected chi connectivity index (χ3v) is 5.14. The average Bonchev–Trinajstić information content (AvgIpc) is 2.70. The SMILES string of the molecule is c1ccc(Sc2ccc(-c3ccccc3)c(-c3ccccc3)c2)cc1. The minimum Gasteiger partial charge on any atom is -0.0901 e. The molecule has 0 aliphatic heterocycles. The largest absolute Gasteiger partial charge is 0.0901 e. The van der Waals surface area contributed by atoms with Crippen molar-refractivity contribution in [3.05, 3.63) is 109 Å². The first-order valence-corrected chi connectivity index (χ1v) is 9.19. The zero-order valence-corrected chi connectivity index (χ0v) is 14.6. The van der Waals surface area contributed by atoms with E-state index < -0.39 is 0 Å². The number of rotatable bonds is 4. The van der Waals surface area contributed by atoms with Crippen molar-refractivity contribution in [3.63, 3.8) is 0 Å². The second-order valence-corrected chi connectivity index (χ2v) is 7.00. The van der Waals surface area contributed by atoms with Gasteiger partial charge < -0.3 is 0 Å². The van der Waals surface area contributed by atoms with Crippen molar-refractivity contribution in [2.24, 2.45) is 0 Å². The zero-order chi connectivity index (χ0) is 16.9. The summed E-state index contributed by atoms with van der Waals surface area (Å²) in [5.41, 5.74) is 5.03. The minimum absolute atomic E-state index is 1.25. The van der Waals surface area contributed by atoms with E-state index in [2.05, 4.69) is 109 Å². The smallest absolute Gasteiger partial charge is 0.0128 e. The summed E-state index contributed by atoms with van der Waals surface area (Å²) in [5.74, 6) is 0. The third-order valence-electron chi connectivity index (χ3n) is 4.14. The molecule has 0 saturated heterocycles. The van der Waals surface area contributed by atoms with Gasteiger partial charge in [0.05, 0.1) is 0 Å². The van der Waals surface area contributed by atoms with Gasteiger partial charge in [0.2, 0.25) is 0 Å². The first-order chi connectivity index (χ1) is 12.4. The fourth-order valence-corrected chi connectivity index (χ4v) is 3.82. The van der Waals surface area contributed by atoms with E-state index in [1.807, 2.05) is 0 Å². The lowest BCUT2D eigenvalue weighted by atomic mass is 9.95. The molecule has 0 radical (unpaired) electrons. The molecule has 0 amide bonds. The second-order valence-electron chi connectivity index (χ2n) is 5.85. The molecule has 0 nitrogen and oxygen atoms in total. The van der Waals surface area contributed by atoms with Gasteiger partial charge in [0.15, 0.2) is 0 Å². The highest BCUT2D eigenvalue weighted by atomic mass is 32.2. The van der Waals surface area contributed by atoms with Crippen molar-refractivity contribution in [1.82, 2.24) is 0 Å². The molecular weight excluding hydrogens is 320 g/mol. The molecule has 0 aromatic heterocycles. The number of hydrogen-bond donors (Lipinski definition) is 0. The molecule has 1 heteroatoms. The molecule has 0 aliphatic rings. The maximum Gasteiger partial charge on any atom is 0.0128 e. The lowest BCUT2D eigenvalue weighted by Crippen LogP contribution is -1.86. The van der Waals surface area contributed by atoms with Crippen molar-refractivity contribution < 1.29 is 0 Å². The molecule has 0 unspecified atom stereocenters. The third kappa shape index (κ3) is 3.67. The predicted octanol–water partition coefficient (Wildman–Crippen LogP) is 7.17. The fourth-order valence-electron chi connectivity index (χ4n) is 2.94. The summed E-state index contributed by atoms with van der Waals surface area (Å²) >= 11 is 1.80. The Morgan fingerprint density at radius 2 is 0.920 bits per heavy atom. The van der Waals surface area contributed by atoms with E-state index in [0.717, 1.165) is 0 Å². The topological polar surface area (TPSA) is 0 Å². The molecule has 0 saturated carbocycles. The van der Waals surface area contributed by atoms with Gasteiger partial charge in [-0.15, -0.1) is 0 Å². The lowest BCUT2D eigenvalue weighted by Gasteiger charge is -2.13. The van der Waals surface area contributed by atoms with Crippen molar-refractivity contribution >= 4 is 11.8 Å². The van der Waals surface area contributed by atoms with Crippen LogP contribution < -0.4 is 0 Å². The van der Waals surface area contributed by atoms with Gasteiger partial charge in [-0.05, 0) is 46.5 Å². The predicted molar refractivity (Wildman–Crippen MR) is 108 cm³/mol. The quantitative estimate of drug-likeness (QED) is 0.380. The van der Waals surface area contributed by atoms with Crippen LogP contribution in [0.2, 0.25) is 0 Å². The van der Waals surface area contributed by atoms with Gasteiger partial charge in [0, 0.05) is 9.79 Å². The molecule has 0 bridgehead atoms. The van der Waals surface area contributed by atoms with E-state index in [0.29, 0.717) is 0 Å². The highest BCUT2D eigenvalue weighted by Gasteiger charge is 2.09. The van der Waals surface area contributed by atoms with Crippen LogP contribution in [0.3, 0.4) is 0 Å². The Labute approximate surface area is 153 Å². The van der Waals surface area contributed by atoms with E-state index in [1.165, 1.54) is 32.0 Å². The van der Waals surface area contributed by atoms with Crippen molar-refractivity contribution in [3.8, 4) is 22.3 Å². The maximum absolute atomic E-state index is 2.30. The van der Waals surface area contributed by atoms with Crippen LogP contribution in [0.4, 0.5) is 0 Å². The summed E-state index contributed by atoms with van der Waals surface area (Å²) < 4.78 is 0. The summed E-state index contributed by atoms with van der Waals surface area (Å²) in [6, 6.07) is 38.5. The molecule has 0 spiro atoms. The van der Waals surface area contributed by atoms with Crippen molar-refractivity contribution in [1.29, 1.82) is 0 Å². The van der Waals surface area contributed by atoms with E-state index in [9.17, 15) is 0 Å². The van der Waals surface area contributed by atoms with E-state index in [1.54, 1.807) is 11.8 Å². The molecule has 0 aliphatic carbocycles. The van der Waals surface area contributed by atoms with Crippen molar-refractivity contribution in [2.75, 3.05) is 0 Å². The second kappa shape index (κ2) is 7.42. The number of benzene rings is 4. The zero-order valence-electron chi connectivity index (χ0n) is 13.8. The normalized spacial score (nSPS) is 10.6. The lowest BCUT2D eigenvalue weighted by molar-refractivity contribution is 1.40. The monoisotopic (exact) mass is 338 g/mol. The molecule has 0 atom stereocenters. The van der Waals surface area contributed by atoms with Crippen LogP contribution >= 0.6 is 11.8 Å². The molecule has 0 heterocycles. The first kappa shape index (κ1) is 15.7. The summed E-state index contributed by atoms with van der Waals surface area (Å²) in [4.78, 5) is 2.51. The first-order valence-electron chi connectivity index (χ1n) is 8.38. The molecule has 0 fully saturated rings. The van der Waals surface area contributed by atoms with Gasteiger partial charge in [-0.1, -0.05) is 96.7 Å². The Bertz CT molecular complexity index is 945. The Kier molecular flexibility index (Phi) is 4.67. The van der Waals surface area contributed by atoms with Crippen LogP contribution in [0, 0.1) is 0 Å². The molecule has 4 aromatic rings. The minimum atomic E-state index is 1.25. The van der Waals surface area contributed by atoms with E-state index in [-0.39, 0.29) is 0 Å². The van der Waals surface area contributed by atoms with Crippen molar-refractivity contribution in [2.45, 2.75) is 9.79 Å². The van der Waals surface area contributed by atoms with Gasteiger partial charge in [-0.2, -0.15) is 0 Å². The average molecular weight is 338 g/mol. The standard InChI is InChI=1S/C24H18S/c1-4-10-19(11-5-1)23-17-16-22(25-21-14-8-3-9-15-21)18-24(23)20-12-6-2-7-13-20/h1-18H.